The number of nitrogens with zero attached hydrogens (tertiary/aromatic N) is 5. The summed E-state index contributed by atoms with van der Waals surface area (Å²) in [5, 5.41) is 23.3. The minimum absolute atomic E-state index is 0.275. The van der Waals surface area contributed by atoms with E-state index in [1.807, 2.05) is 0 Å². The Morgan fingerprint density at radius 3 is 1.97 bits per heavy atom. The van der Waals surface area contributed by atoms with Gasteiger partial charge in [0.25, 0.3) is 0 Å². The summed E-state index contributed by atoms with van der Waals surface area (Å²) in [7, 11) is 1.80. The number of hydrogen-bond donors (Lipinski definition) is 2. The van der Waals surface area contributed by atoms with Crippen molar-refractivity contribution in [1.29, 1.82) is 0 Å². The number of ether oxygens (including phenoxy) is 1. The Hall–Kier alpha value is -2.46. The van der Waals surface area contributed by atoms with Crippen LogP contribution in [-0.2, 0) is 27.3 Å². The van der Waals surface area contributed by atoms with Gasteiger partial charge in [0.05, 0.1) is 18.3 Å². The van der Waals surface area contributed by atoms with Crippen LogP contribution in [0.2, 0.25) is 0 Å². The van der Waals surface area contributed by atoms with Crippen molar-refractivity contribution in [3.63, 3.8) is 0 Å². The van der Waals surface area contributed by atoms with Gasteiger partial charge in [0.2, 0.25) is 0 Å². The zero-order valence-electron chi connectivity index (χ0n) is 21.0. The molecule has 0 spiro atoms. The number of hydrogen-bond acceptors (Lipinski definition) is 7. The summed E-state index contributed by atoms with van der Waals surface area (Å²) in [4.78, 5) is 23.0. The van der Waals surface area contributed by atoms with E-state index in [0.717, 1.165) is 38.6 Å². The van der Waals surface area contributed by atoms with Gasteiger partial charge >= 0.3 is 24.3 Å². The number of aliphatic carboxylic acids is 2. The standard InChI is InChI=1S/C18H31N5O.2C2HF3O2/c1-24-14-17-18-16(23(20-19-18)13-15-5-6-15)7-10-22(17)12-11-21-8-3-2-4-9-21;2*3-2(4,5)1(6)7/h15,17H,2-14H2,1H3;2*(H,6,7). The van der Waals surface area contributed by atoms with Crippen molar-refractivity contribution in [3.05, 3.63) is 11.4 Å². The van der Waals surface area contributed by atoms with E-state index < -0.39 is 24.3 Å². The molecule has 4 rings (SSSR count). The molecule has 38 heavy (non-hydrogen) atoms. The van der Waals surface area contributed by atoms with E-state index in [4.69, 9.17) is 24.5 Å². The van der Waals surface area contributed by atoms with Crippen molar-refractivity contribution in [1.82, 2.24) is 24.8 Å². The summed E-state index contributed by atoms with van der Waals surface area (Å²) in [5.74, 6) is -4.67. The molecule has 1 aromatic heterocycles. The highest BCUT2D eigenvalue weighted by atomic mass is 19.4. The first-order valence-corrected chi connectivity index (χ1v) is 12.2. The largest absolute Gasteiger partial charge is 0.490 e. The van der Waals surface area contributed by atoms with E-state index in [9.17, 15) is 26.3 Å². The predicted molar refractivity (Wildman–Crippen MR) is 120 cm³/mol. The number of aromatic nitrogens is 3. The molecule has 16 heteroatoms. The highest BCUT2D eigenvalue weighted by Crippen LogP contribution is 2.33. The Kier molecular flexibility index (Phi) is 11.8. The lowest BCUT2D eigenvalue weighted by Gasteiger charge is -2.36. The third kappa shape index (κ3) is 10.4. The van der Waals surface area contributed by atoms with Crippen LogP contribution in [0.5, 0.6) is 0 Å². The van der Waals surface area contributed by atoms with E-state index >= 15 is 0 Å². The molecular formula is C22H33F6N5O5. The predicted octanol–water partition coefficient (Wildman–Crippen LogP) is 2.99. The fourth-order valence-corrected chi connectivity index (χ4v) is 4.19. The maximum atomic E-state index is 10.6. The zero-order chi connectivity index (χ0) is 28.5. The van der Waals surface area contributed by atoms with Gasteiger partial charge in [-0.1, -0.05) is 11.6 Å². The number of carboxylic acids is 2. The summed E-state index contributed by atoms with van der Waals surface area (Å²) in [6, 6.07) is 0.275. The Morgan fingerprint density at radius 1 is 0.947 bits per heavy atom. The average Bonchev–Trinajstić information content (AvgIpc) is 3.57. The number of piperidine rings is 1. The van der Waals surface area contributed by atoms with Crippen LogP contribution in [0.25, 0.3) is 0 Å². The van der Waals surface area contributed by atoms with Crippen molar-refractivity contribution < 1.29 is 50.9 Å². The SMILES string of the molecule is COCC1c2nnn(CC3CC3)c2CCN1CCN1CCCCC1.O=C(O)C(F)(F)F.O=C(O)C(F)(F)F. The Bertz CT molecular complexity index is 876. The van der Waals surface area contributed by atoms with Crippen LogP contribution in [-0.4, -0.2) is 106 Å². The summed E-state index contributed by atoms with van der Waals surface area (Å²) >= 11 is 0. The second-order valence-corrected chi connectivity index (χ2v) is 9.31. The van der Waals surface area contributed by atoms with Gasteiger partial charge in [0.1, 0.15) is 5.69 Å². The van der Waals surface area contributed by atoms with Gasteiger partial charge in [-0.15, -0.1) is 5.10 Å². The fraction of sp³-hybridized carbons (Fsp3) is 0.818. The minimum Gasteiger partial charge on any atom is -0.475 e. The molecule has 0 bridgehead atoms. The third-order valence-corrected chi connectivity index (χ3v) is 6.35. The molecule has 218 valence electrons. The molecule has 2 N–H and O–H groups in total. The first-order valence-electron chi connectivity index (χ1n) is 12.2. The van der Waals surface area contributed by atoms with E-state index in [0.29, 0.717) is 0 Å². The fourth-order valence-electron chi connectivity index (χ4n) is 4.19. The van der Waals surface area contributed by atoms with Gasteiger partial charge in [0.15, 0.2) is 0 Å². The van der Waals surface area contributed by atoms with Crippen LogP contribution < -0.4 is 0 Å². The molecule has 0 amide bonds. The maximum Gasteiger partial charge on any atom is 0.490 e. The van der Waals surface area contributed by atoms with Gasteiger partial charge in [-0.25, -0.2) is 14.3 Å². The van der Waals surface area contributed by atoms with Crippen molar-refractivity contribution in [2.45, 2.75) is 63.5 Å². The number of fused-ring (bicyclic) bond motifs is 1. The molecule has 3 aliphatic rings. The Balaban J connectivity index is 0.000000301. The van der Waals surface area contributed by atoms with Crippen LogP contribution in [0.3, 0.4) is 0 Å². The summed E-state index contributed by atoms with van der Waals surface area (Å²) in [6.45, 7) is 7.71. The molecule has 3 heterocycles. The van der Waals surface area contributed by atoms with Crippen LogP contribution in [0.15, 0.2) is 0 Å². The number of alkyl halides is 6. The van der Waals surface area contributed by atoms with Gasteiger partial charge in [-0.3, -0.25) is 4.90 Å². The number of carbonyl (C=O) groups is 2. The van der Waals surface area contributed by atoms with Gasteiger partial charge < -0.3 is 19.8 Å². The van der Waals surface area contributed by atoms with Gasteiger partial charge in [0, 0.05) is 39.7 Å². The monoisotopic (exact) mass is 561 g/mol. The second kappa shape index (κ2) is 14.1. The number of methoxy groups -OCH3 is 1. The highest BCUT2D eigenvalue weighted by molar-refractivity contribution is 5.73. The molecule has 1 atom stereocenters. The zero-order valence-corrected chi connectivity index (χ0v) is 21.0. The molecule has 1 aliphatic carbocycles. The second-order valence-electron chi connectivity index (χ2n) is 9.31. The number of likely N-dealkylation sites (tertiary alicyclic amines) is 1. The molecule has 1 unspecified atom stereocenters. The normalized spacial score (nSPS) is 20.4. The molecular weight excluding hydrogens is 528 g/mol. The van der Waals surface area contributed by atoms with Crippen molar-refractivity contribution in [2.24, 2.45) is 5.92 Å². The van der Waals surface area contributed by atoms with Crippen LogP contribution in [0, 0.1) is 5.92 Å². The van der Waals surface area contributed by atoms with Crippen LogP contribution in [0.1, 0.15) is 49.5 Å². The molecule has 10 nitrogen and oxygen atoms in total. The highest BCUT2D eigenvalue weighted by Gasteiger charge is 2.39. The molecule has 0 aromatic carbocycles. The average molecular weight is 562 g/mol. The number of halogens is 6. The van der Waals surface area contributed by atoms with Crippen LogP contribution in [0.4, 0.5) is 26.3 Å². The van der Waals surface area contributed by atoms with E-state index in [1.54, 1.807) is 7.11 Å². The van der Waals surface area contributed by atoms with Crippen molar-refractivity contribution in [2.75, 3.05) is 46.4 Å². The summed E-state index contributed by atoms with van der Waals surface area (Å²) in [5.41, 5.74) is 2.53. The molecule has 1 saturated carbocycles. The lowest BCUT2D eigenvalue weighted by molar-refractivity contribution is -0.193. The summed E-state index contributed by atoms with van der Waals surface area (Å²) < 4.78 is 71.2. The quantitative estimate of drug-likeness (QED) is 0.484. The lowest BCUT2D eigenvalue weighted by atomic mass is 10.0. The summed E-state index contributed by atoms with van der Waals surface area (Å²) in [6.07, 6.45) is -2.24. The molecule has 1 aromatic rings. The van der Waals surface area contributed by atoms with Crippen molar-refractivity contribution >= 4 is 11.9 Å². The van der Waals surface area contributed by atoms with E-state index in [1.165, 1.54) is 63.1 Å². The smallest absolute Gasteiger partial charge is 0.475 e. The van der Waals surface area contributed by atoms with Gasteiger partial charge in [-0.05, 0) is 44.7 Å². The Morgan fingerprint density at radius 2 is 1.50 bits per heavy atom. The minimum atomic E-state index is -5.08. The molecule has 2 aliphatic heterocycles. The first-order chi connectivity index (χ1) is 17.7. The van der Waals surface area contributed by atoms with Crippen LogP contribution >= 0.6 is 0 Å². The number of rotatable bonds is 7. The van der Waals surface area contributed by atoms with Gasteiger partial charge in [-0.2, -0.15) is 26.3 Å². The number of carboxylic acid groups (broad SMARTS) is 2. The third-order valence-electron chi connectivity index (χ3n) is 6.35. The van der Waals surface area contributed by atoms with E-state index in [2.05, 4.69) is 24.8 Å². The molecule has 2 fully saturated rings. The van der Waals surface area contributed by atoms with Crippen molar-refractivity contribution in [3.8, 4) is 0 Å². The maximum absolute atomic E-state index is 10.6. The molecule has 0 radical (unpaired) electrons. The topological polar surface area (TPSA) is 121 Å². The lowest BCUT2D eigenvalue weighted by Crippen LogP contribution is -2.43. The molecule has 1 saturated heterocycles. The Labute approximate surface area is 215 Å². The first kappa shape index (κ1) is 31.8. The van der Waals surface area contributed by atoms with E-state index in [-0.39, 0.29) is 6.04 Å².